The molecule has 33 heavy (non-hydrogen) atoms. The number of halogens is 3. The number of hydrogen-bond acceptors (Lipinski definition) is 6. The predicted molar refractivity (Wildman–Crippen MR) is 141 cm³/mol. The zero-order chi connectivity index (χ0) is 23.4. The van der Waals surface area contributed by atoms with Crippen LogP contribution in [0.3, 0.4) is 0 Å². The Labute approximate surface area is 215 Å². The van der Waals surface area contributed by atoms with Crippen LogP contribution >= 0.6 is 54.8 Å². The minimum atomic E-state index is -0.335. The van der Waals surface area contributed by atoms with Crippen molar-refractivity contribution in [3.8, 4) is 17.0 Å². The standard InChI is InChI=1S/C23H15Br2ClN4O2S/c24-18-9-13(10-19(25)21(18)31)11-27-30-22(32)15-3-1-14(2-4-15)20-12-33-23(29-20)28-17-7-5-16(26)6-8-17/h1-12,31H,(H,28,29)(H,30,32)/b27-11-. The SMILES string of the molecule is O=C(N/N=C\c1cc(Br)c(O)c(Br)c1)c1ccc(-c2csc(Nc3ccc(Cl)cc3)n2)cc1. The second kappa shape index (κ2) is 10.5. The van der Waals surface area contributed by atoms with Crippen LogP contribution in [-0.4, -0.2) is 22.2 Å². The zero-order valence-electron chi connectivity index (χ0n) is 16.7. The third-order valence-corrected chi connectivity index (χ3v) is 6.68. The summed E-state index contributed by atoms with van der Waals surface area (Å²) in [4.78, 5) is 17.0. The summed E-state index contributed by atoms with van der Waals surface area (Å²) < 4.78 is 1.04. The smallest absolute Gasteiger partial charge is 0.271 e. The topological polar surface area (TPSA) is 86.6 Å². The maximum atomic E-state index is 12.4. The van der Waals surface area contributed by atoms with Crippen LogP contribution in [0.1, 0.15) is 15.9 Å². The number of aromatic nitrogens is 1. The number of phenols is 1. The molecule has 4 aromatic rings. The molecule has 0 aliphatic carbocycles. The molecular weight excluding hydrogens is 592 g/mol. The van der Waals surface area contributed by atoms with Crippen LogP contribution in [0.4, 0.5) is 10.8 Å². The monoisotopic (exact) mass is 604 g/mol. The molecule has 3 N–H and O–H groups in total. The zero-order valence-corrected chi connectivity index (χ0v) is 21.5. The maximum absolute atomic E-state index is 12.4. The Morgan fingerprint density at radius 3 is 2.39 bits per heavy atom. The van der Waals surface area contributed by atoms with Gasteiger partial charge in [0.25, 0.3) is 5.91 Å². The van der Waals surface area contributed by atoms with E-state index in [1.54, 1.807) is 24.3 Å². The molecule has 0 atom stereocenters. The van der Waals surface area contributed by atoms with Crippen LogP contribution in [0.15, 0.2) is 80.1 Å². The average Bonchev–Trinajstić information content (AvgIpc) is 3.27. The Morgan fingerprint density at radius 1 is 1.06 bits per heavy atom. The van der Waals surface area contributed by atoms with Gasteiger partial charge in [-0.05, 0) is 86.0 Å². The Bertz CT molecular complexity index is 1300. The number of aromatic hydroxyl groups is 1. The van der Waals surface area contributed by atoms with Gasteiger partial charge in [-0.2, -0.15) is 5.10 Å². The van der Waals surface area contributed by atoms with E-state index < -0.39 is 0 Å². The highest BCUT2D eigenvalue weighted by Crippen LogP contribution is 2.33. The van der Waals surface area contributed by atoms with E-state index in [-0.39, 0.29) is 11.7 Å². The van der Waals surface area contributed by atoms with E-state index in [1.165, 1.54) is 17.6 Å². The molecule has 0 saturated heterocycles. The van der Waals surface area contributed by atoms with Crippen molar-refractivity contribution in [2.24, 2.45) is 5.10 Å². The van der Waals surface area contributed by atoms with Gasteiger partial charge in [-0.25, -0.2) is 10.4 Å². The van der Waals surface area contributed by atoms with E-state index in [4.69, 9.17) is 11.6 Å². The van der Waals surface area contributed by atoms with Crippen LogP contribution in [-0.2, 0) is 0 Å². The number of amides is 1. The Hall–Kier alpha value is -2.72. The Morgan fingerprint density at radius 2 is 1.73 bits per heavy atom. The third kappa shape index (κ3) is 6.00. The van der Waals surface area contributed by atoms with Crippen LogP contribution in [0.2, 0.25) is 5.02 Å². The minimum Gasteiger partial charge on any atom is -0.506 e. The fraction of sp³-hybridized carbons (Fsp3) is 0. The Balaban J connectivity index is 1.38. The molecule has 1 heterocycles. The summed E-state index contributed by atoms with van der Waals surface area (Å²) in [5, 5.41) is 20.4. The van der Waals surface area contributed by atoms with Gasteiger partial charge in [0, 0.05) is 27.2 Å². The largest absolute Gasteiger partial charge is 0.506 e. The molecular formula is C23H15Br2ClN4O2S. The lowest BCUT2D eigenvalue weighted by Gasteiger charge is -2.03. The van der Waals surface area contributed by atoms with Gasteiger partial charge < -0.3 is 10.4 Å². The fourth-order valence-corrected chi connectivity index (χ4v) is 4.89. The molecule has 4 rings (SSSR count). The number of rotatable bonds is 6. The second-order valence-corrected chi connectivity index (χ2v) is 9.78. The second-order valence-electron chi connectivity index (χ2n) is 6.78. The Kier molecular flexibility index (Phi) is 7.44. The van der Waals surface area contributed by atoms with Gasteiger partial charge in [-0.15, -0.1) is 11.3 Å². The number of benzene rings is 3. The molecule has 0 aliphatic heterocycles. The summed E-state index contributed by atoms with van der Waals surface area (Å²) in [7, 11) is 0. The number of nitrogens with zero attached hydrogens (tertiary/aromatic N) is 2. The highest BCUT2D eigenvalue weighted by molar-refractivity contribution is 9.11. The van der Waals surface area contributed by atoms with E-state index in [9.17, 15) is 9.90 Å². The van der Waals surface area contributed by atoms with Crippen LogP contribution < -0.4 is 10.7 Å². The first-order valence-electron chi connectivity index (χ1n) is 9.49. The summed E-state index contributed by atoms with van der Waals surface area (Å²) in [6, 6.07) is 17.9. The summed E-state index contributed by atoms with van der Waals surface area (Å²) in [5.74, 6) is -0.234. The molecule has 0 unspecified atom stereocenters. The van der Waals surface area contributed by atoms with Gasteiger partial charge in [0.2, 0.25) is 0 Å². The van der Waals surface area contributed by atoms with Crippen molar-refractivity contribution in [3.05, 3.63) is 91.1 Å². The van der Waals surface area contributed by atoms with Gasteiger partial charge >= 0.3 is 0 Å². The average molecular weight is 607 g/mol. The lowest BCUT2D eigenvalue weighted by molar-refractivity contribution is 0.0955. The molecule has 0 saturated carbocycles. The van der Waals surface area contributed by atoms with E-state index in [1.807, 2.05) is 41.8 Å². The summed E-state index contributed by atoms with van der Waals surface area (Å²) >= 11 is 13.9. The molecule has 0 radical (unpaired) electrons. The van der Waals surface area contributed by atoms with E-state index in [2.05, 4.69) is 52.7 Å². The predicted octanol–water partition coefficient (Wildman–Crippen LogP) is 7.20. The first-order chi connectivity index (χ1) is 15.9. The summed E-state index contributed by atoms with van der Waals surface area (Å²) in [6.45, 7) is 0. The summed E-state index contributed by atoms with van der Waals surface area (Å²) in [5.41, 5.74) is 6.28. The number of carbonyl (C=O) groups is 1. The quantitative estimate of drug-likeness (QED) is 0.160. The van der Waals surface area contributed by atoms with Crippen molar-refractivity contribution in [2.45, 2.75) is 0 Å². The summed E-state index contributed by atoms with van der Waals surface area (Å²) in [6.07, 6.45) is 1.49. The van der Waals surface area contributed by atoms with Crippen LogP contribution in [0.25, 0.3) is 11.3 Å². The van der Waals surface area contributed by atoms with Crippen molar-refractivity contribution in [2.75, 3.05) is 5.32 Å². The van der Waals surface area contributed by atoms with Crippen molar-refractivity contribution < 1.29 is 9.90 Å². The fourth-order valence-electron chi connectivity index (χ4n) is 2.80. The van der Waals surface area contributed by atoms with E-state index in [0.717, 1.165) is 22.1 Å². The number of thiazole rings is 1. The lowest BCUT2D eigenvalue weighted by atomic mass is 10.1. The van der Waals surface area contributed by atoms with Crippen molar-refractivity contribution in [1.29, 1.82) is 0 Å². The van der Waals surface area contributed by atoms with Crippen LogP contribution in [0, 0.1) is 0 Å². The molecule has 1 aromatic heterocycles. The number of hydrazone groups is 1. The van der Waals surface area contributed by atoms with Gasteiger partial charge in [0.1, 0.15) is 5.75 Å². The highest BCUT2D eigenvalue weighted by Gasteiger charge is 2.09. The molecule has 0 bridgehead atoms. The van der Waals surface area contributed by atoms with Crippen molar-refractivity contribution in [1.82, 2.24) is 10.4 Å². The first kappa shape index (κ1) is 23.4. The van der Waals surface area contributed by atoms with Crippen molar-refractivity contribution in [3.63, 3.8) is 0 Å². The van der Waals surface area contributed by atoms with E-state index >= 15 is 0 Å². The van der Waals surface area contributed by atoms with Gasteiger partial charge in [-0.1, -0.05) is 23.7 Å². The molecule has 3 aromatic carbocycles. The molecule has 0 spiro atoms. The first-order valence-corrected chi connectivity index (χ1v) is 12.3. The normalized spacial score (nSPS) is 11.0. The molecule has 6 nitrogen and oxygen atoms in total. The number of hydrogen-bond donors (Lipinski definition) is 3. The third-order valence-electron chi connectivity index (χ3n) is 4.46. The molecule has 166 valence electrons. The van der Waals surface area contributed by atoms with E-state index in [0.29, 0.717) is 25.1 Å². The number of nitrogens with one attached hydrogen (secondary N) is 2. The number of carbonyl (C=O) groups excluding carboxylic acids is 1. The van der Waals surface area contributed by atoms with Gasteiger partial charge in [-0.3, -0.25) is 4.79 Å². The highest BCUT2D eigenvalue weighted by atomic mass is 79.9. The van der Waals surface area contributed by atoms with Gasteiger partial charge in [0.15, 0.2) is 5.13 Å². The number of anilines is 2. The van der Waals surface area contributed by atoms with Crippen molar-refractivity contribution >= 4 is 77.7 Å². The molecule has 0 aliphatic rings. The molecule has 0 fully saturated rings. The molecule has 10 heteroatoms. The minimum absolute atomic E-state index is 0.101. The maximum Gasteiger partial charge on any atom is 0.271 e. The van der Waals surface area contributed by atoms with Crippen LogP contribution in [0.5, 0.6) is 5.75 Å². The molecule has 1 amide bonds. The lowest BCUT2D eigenvalue weighted by Crippen LogP contribution is -2.17. The number of phenolic OH excluding ortho intramolecular Hbond substituents is 1. The van der Waals surface area contributed by atoms with Gasteiger partial charge in [0.05, 0.1) is 20.9 Å².